The van der Waals surface area contributed by atoms with Crippen LogP contribution in [-0.4, -0.2) is 10.1 Å². The maximum absolute atomic E-state index is 13.8. The van der Waals surface area contributed by atoms with E-state index < -0.39 is 6.10 Å². The van der Waals surface area contributed by atoms with E-state index in [1.54, 1.807) is 24.8 Å². The highest BCUT2D eigenvalue weighted by Gasteiger charge is 2.18. The molecule has 4 nitrogen and oxygen atoms in total. The summed E-state index contributed by atoms with van der Waals surface area (Å²) in [6.07, 6.45) is 4.17. The largest absolute Gasteiger partial charge is 0.472 e. The third kappa shape index (κ3) is 4.85. The van der Waals surface area contributed by atoms with Gasteiger partial charge in [0.1, 0.15) is 11.9 Å². The van der Waals surface area contributed by atoms with Crippen molar-refractivity contribution in [3.05, 3.63) is 114 Å². The summed E-state index contributed by atoms with van der Waals surface area (Å²) < 4.78 is 22.2. The lowest BCUT2D eigenvalue weighted by Crippen LogP contribution is -2.02. The average Bonchev–Trinajstić information content (AvgIpc) is 3.57. The molecule has 0 aliphatic carbocycles. The number of aliphatic hydroxyl groups excluding tert-OH is 1. The maximum Gasteiger partial charge on any atom is 0.192 e. The molecule has 164 valence electrons. The van der Waals surface area contributed by atoms with Crippen LogP contribution in [0, 0.1) is 5.82 Å². The predicted molar refractivity (Wildman–Crippen MR) is 132 cm³/mol. The van der Waals surface area contributed by atoms with Gasteiger partial charge in [-0.3, -0.25) is 0 Å². The number of anilines is 1. The number of hydrogen-bond donors (Lipinski definition) is 2. The first-order valence-electron chi connectivity index (χ1n) is 10.2. The summed E-state index contributed by atoms with van der Waals surface area (Å²) in [6, 6.07) is 21.8. The van der Waals surface area contributed by atoms with Crippen molar-refractivity contribution in [1.82, 2.24) is 4.98 Å². The number of furan rings is 1. The SMILES string of the molecule is OC(c1ccc(SNc2nccs2)cc1)c1ccc(-c2cccc(F)c2)cc1-c1ccoc1. The topological polar surface area (TPSA) is 58.3 Å². The van der Waals surface area contributed by atoms with Gasteiger partial charge in [0.2, 0.25) is 0 Å². The lowest BCUT2D eigenvalue weighted by molar-refractivity contribution is 0.221. The summed E-state index contributed by atoms with van der Waals surface area (Å²) in [5.41, 5.74) is 4.84. The van der Waals surface area contributed by atoms with Crippen LogP contribution in [0.2, 0.25) is 0 Å². The minimum absolute atomic E-state index is 0.288. The van der Waals surface area contributed by atoms with E-state index in [-0.39, 0.29) is 5.82 Å². The van der Waals surface area contributed by atoms with Crippen LogP contribution in [0.4, 0.5) is 9.52 Å². The van der Waals surface area contributed by atoms with Crippen molar-refractivity contribution in [3.8, 4) is 22.3 Å². The lowest BCUT2D eigenvalue weighted by atomic mass is 9.91. The van der Waals surface area contributed by atoms with Crippen molar-refractivity contribution in [2.24, 2.45) is 0 Å². The number of nitrogens with one attached hydrogen (secondary N) is 1. The zero-order valence-corrected chi connectivity index (χ0v) is 18.9. The van der Waals surface area contributed by atoms with Crippen LogP contribution in [0.3, 0.4) is 0 Å². The fourth-order valence-electron chi connectivity index (χ4n) is 3.58. The first kappa shape index (κ1) is 21.5. The van der Waals surface area contributed by atoms with Crippen molar-refractivity contribution in [1.29, 1.82) is 0 Å². The van der Waals surface area contributed by atoms with Crippen LogP contribution in [0.15, 0.2) is 106 Å². The van der Waals surface area contributed by atoms with Gasteiger partial charge in [-0.05, 0) is 76.2 Å². The molecule has 2 N–H and O–H groups in total. The Labute approximate surface area is 198 Å². The highest BCUT2D eigenvalue weighted by Crippen LogP contribution is 2.36. The van der Waals surface area contributed by atoms with E-state index in [0.29, 0.717) is 0 Å². The molecular formula is C26H19FN2O2S2. The third-order valence-electron chi connectivity index (χ3n) is 5.22. The van der Waals surface area contributed by atoms with Crippen LogP contribution in [-0.2, 0) is 0 Å². The quantitative estimate of drug-likeness (QED) is 0.241. The third-order valence-corrected chi connectivity index (χ3v) is 6.84. The fraction of sp³-hybridized carbons (Fsp3) is 0.0385. The van der Waals surface area contributed by atoms with Gasteiger partial charge in [-0.15, -0.1) is 11.3 Å². The predicted octanol–water partition coefficient (Wildman–Crippen LogP) is 7.41. The maximum atomic E-state index is 13.8. The van der Waals surface area contributed by atoms with E-state index in [0.717, 1.165) is 43.4 Å². The number of nitrogens with zero attached hydrogens (tertiary/aromatic N) is 1. The van der Waals surface area contributed by atoms with Gasteiger partial charge in [0.25, 0.3) is 0 Å². The summed E-state index contributed by atoms with van der Waals surface area (Å²) in [7, 11) is 0. The Balaban J connectivity index is 1.44. The molecule has 0 aliphatic rings. The van der Waals surface area contributed by atoms with E-state index in [4.69, 9.17) is 4.42 Å². The van der Waals surface area contributed by atoms with Gasteiger partial charge in [0.05, 0.1) is 12.5 Å². The highest BCUT2D eigenvalue weighted by molar-refractivity contribution is 8.00. The summed E-state index contributed by atoms with van der Waals surface area (Å²) in [4.78, 5) is 5.21. The Bertz CT molecular complexity index is 1340. The normalized spacial score (nSPS) is 11.9. The molecule has 0 spiro atoms. The van der Waals surface area contributed by atoms with Crippen molar-refractivity contribution in [3.63, 3.8) is 0 Å². The molecule has 0 saturated carbocycles. The number of aromatic nitrogens is 1. The number of aliphatic hydroxyl groups is 1. The molecule has 0 fully saturated rings. The zero-order valence-electron chi connectivity index (χ0n) is 17.3. The fourth-order valence-corrected chi connectivity index (χ4v) is 4.80. The molecule has 0 aliphatic heterocycles. The van der Waals surface area contributed by atoms with Crippen LogP contribution >= 0.6 is 23.3 Å². The van der Waals surface area contributed by atoms with E-state index in [2.05, 4.69) is 9.71 Å². The standard InChI is InChI=1S/C26H19FN2O2S2/c27-21-3-1-2-18(14-21)19-6-9-23(24(15-19)20-10-12-31-16-20)25(30)17-4-7-22(8-5-17)33-29-26-28-11-13-32-26/h1-16,25,30H,(H,28,29). The molecule has 2 aromatic heterocycles. The van der Waals surface area contributed by atoms with Gasteiger partial charge in [0.15, 0.2) is 5.13 Å². The molecule has 0 radical (unpaired) electrons. The Morgan fingerprint density at radius 3 is 2.55 bits per heavy atom. The van der Waals surface area contributed by atoms with Gasteiger partial charge in [0, 0.05) is 22.0 Å². The molecule has 3 aromatic carbocycles. The van der Waals surface area contributed by atoms with Gasteiger partial charge in [-0.2, -0.15) is 0 Å². The second kappa shape index (κ2) is 9.62. The molecule has 33 heavy (non-hydrogen) atoms. The smallest absolute Gasteiger partial charge is 0.192 e. The number of thiazole rings is 1. The molecule has 0 bridgehead atoms. The summed E-state index contributed by atoms with van der Waals surface area (Å²) in [5.74, 6) is -0.288. The van der Waals surface area contributed by atoms with Crippen LogP contribution in [0.25, 0.3) is 22.3 Å². The lowest BCUT2D eigenvalue weighted by Gasteiger charge is -2.17. The Morgan fingerprint density at radius 2 is 1.82 bits per heavy atom. The van der Waals surface area contributed by atoms with Crippen molar-refractivity contribution in [2.45, 2.75) is 11.0 Å². The Kier molecular flexibility index (Phi) is 6.26. The second-order valence-electron chi connectivity index (χ2n) is 7.34. The Morgan fingerprint density at radius 1 is 0.970 bits per heavy atom. The minimum Gasteiger partial charge on any atom is -0.472 e. The minimum atomic E-state index is -0.831. The highest BCUT2D eigenvalue weighted by atomic mass is 32.2. The number of rotatable bonds is 7. The van der Waals surface area contributed by atoms with Gasteiger partial charge < -0.3 is 14.2 Å². The van der Waals surface area contributed by atoms with Crippen molar-refractivity contribution < 1.29 is 13.9 Å². The van der Waals surface area contributed by atoms with Crippen LogP contribution in [0.5, 0.6) is 0 Å². The zero-order chi connectivity index (χ0) is 22.6. The molecule has 2 heterocycles. The second-order valence-corrected chi connectivity index (χ2v) is 9.11. The Hall–Kier alpha value is -3.39. The number of hydrogen-bond acceptors (Lipinski definition) is 6. The van der Waals surface area contributed by atoms with Gasteiger partial charge >= 0.3 is 0 Å². The van der Waals surface area contributed by atoms with Crippen LogP contribution < -0.4 is 4.72 Å². The first-order valence-corrected chi connectivity index (χ1v) is 11.9. The van der Waals surface area contributed by atoms with Gasteiger partial charge in [-0.25, -0.2) is 9.37 Å². The average molecular weight is 475 g/mol. The molecule has 0 amide bonds. The monoisotopic (exact) mass is 474 g/mol. The molecule has 0 saturated heterocycles. The van der Waals surface area contributed by atoms with E-state index in [1.165, 1.54) is 35.4 Å². The summed E-state index contributed by atoms with van der Waals surface area (Å²) >= 11 is 3.01. The molecule has 1 unspecified atom stereocenters. The van der Waals surface area contributed by atoms with Gasteiger partial charge in [-0.1, -0.05) is 36.4 Å². The molecule has 1 atom stereocenters. The van der Waals surface area contributed by atoms with Crippen LogP contribution in [0.1, 0.15) is 17.2 Å². The molecule has 5 aromatic rings. The van der Waals surface area contributed by atoms with E-state index in [9.17, 15) is 9.50 Å². The molecular weight excluding hydrogens is 455 g/mol. The summed E-state index contributed by atoms with van der Waals surface area (Å²) in [5, 5.41) is 14.0. The molecule has 7 heteroatoms. The number of halogens is 1. The summed E-state index contributed by atoms with van der Waals surface area (Å²) in [6.45, 7) is 0. The first-order chi connectivity index (χ1) is 16.2. The van der Waals surface area contributed by atoms with E-state index >= 15 is 0 Å². The van der Waals surface area contributed by atoms with Crippen molar-refractivity contribution in [2.75, 3.05) is 4.72 Å². The van der Waals surface area contributed by atoms with Crippen molar-refractivity contribution >= 4 is 28.4 Å². The van der Waals surface area contributed by atoms with E-state index in [1.807, 2.05) is 60.0 Å². The molecule has 5 rings (SSSR count). The number of benzene rings is 3.